The molecule has 2 aromatic carbocycles. The van der Waals surface area contributed by atoms with E-state index in [1.165, 1.54) is 19.3 Å². The van der Waals surface area contributed by atoms with Crippen LogP contribution >= 0.6 is 0 Å². The van der Waals surface area contributed by atoms with E-state index >= 15 is 0 Å². The lowest BCUT2D eigenvalue weighted by molar-refractivity contribution is -0.121. The predicted octanol–water partition coefficient (Wildman–Crippen LogP) is 5.55. The first-order valence-corrected chi connectivity index (χ1v) is 11.6. The number of unbranched alkanes of at least 4 members (excludes halogenated alkanes) is 1. The lowest BCUT2D eigenvalue weighted by Gasteiger charge is -2.30. The number of hydrogen-bond acceptors (Lipinski definition) is 3. The third kappa shape index (κ3) is 5.27. The summed E-state index contributed by atoms with van der Waals surface area (Å²) in [7, 11) is 0. The van der Waals surface area contributed by atoms with Crippen LogP contribution in [0.3, 0.4) is 0 Å². The molecular formula is C26H32N2O3. The summed E-state index contributed by atoms with van der Waals surface area (Å²) in [5, 5.41) is 3.09. The summed E-state index contributed by atoms with van der Waals surface area (Å²) in [6.07, 6.45) is 8.05. The van der Waals surface area contributed by atoms with Crippen molar-refractivity contribution in [3.8, 4) is 5.75 Å². The Morgan fingerprint density at radius 1 is 1.10 bits per heavy atom. The number of anilines is 2. The molecule has 1 N–H and O–H groups in total. The molecular weight excluding hydrogens is 388 g/mol. The van der Waals surface area contributed by atoms with Crippen LogP contribution in [0.15, 0.2) is 48.5 Å². The van der Waals surface area contributed by atoms with Gasteiger partial charge in [-0.15, -0.1) is 0 Å². The average Bonchev–Trinajstić information content (AvgIpc) is 2.80. The van der Waals surface area contributed by atoms with Gasteiger partial charge in [0.2, 0.25) is 5.91 Å². The van der Waals surface area contributed by atoms with Crippen LogP contribution in [-0.4, -0.2) is 18.4 Å². The van der Waals surface area contributed by atoms with Gasteiger partial charge in [-0.1, -0.05) is 56.5 Å². The van der Waals surface area contributed by atoms with Crippen molar-refractivity contribution < 1.29 is 14.3 Å². The van der Waals surface area contributed by atoms with Gasteiger partial charge < -0.3 is 15.0 Å². The summed E-state index contributed by atoms with van der Waals surface area (Å²) >= 11 is 0. The number of nitrogens with one attached hydrogen (secondary N) is 1. The largest absolute Gasteiger partial charge is 0.482 e. The van der Waals surface area contributed by atoms with E-state index in [9.17, 15) is 9.59 Å². The highest BCUT2D eigenvalue weighted by Gasteiger charge is 2.28. The topological polar surface area (TPSA) is 58.6 Å². The minimum absolute atomic E-state index is 0.0345. The zero-order valence-corrected chi connectivity index (χ0v) is 18.3. The van der Waals surface area contributed by atoms with E-state index < -0.39 is 0 Å². The number of carbonyl (C=O) groups excluding carboxylic acids is 2. The first-order chi connectivity index (χ1) is 15.1. The van der Waals surface area contributed by atoms with Crippen LogP contribution in [0, 0.1) is 11.8 Å². The molecule has 5 nitrogen and oxygen atoms in total. The molecule has 1 aliphatic heterocycles. The maximum absolute atomic E-state index is 12.9. The van der Waals surface area contributed by atoms with Gasteiger partial charge in [0.15, 0.2) is 6.61 Å². The van der Waals surface area contributed by atoms with E-state index in [1.54, 1.807) is 4.90 Å². The van der Waals surface area contributed by atoms with Gasteiger partial charge in [-0.25, -0.2) is 0 Å². The quantitative estimate of drug-likeness (QED) is 0.639. The van der Waals surface area contributed by atoms with E-state index in [2.05, 4.69) is 12.2 Å². The molecule has 0 atom stereocenters. The molecule has 5 heteroatoms. The summed E-state index contributed by atoms with van der Waals surface area (Å²) < 4.78 is 5.62. The summed E-state index contributed by atoms with van der Waals surface area (Å²) in [5.41, 5.74) is 2.48. The van der Waals surface area contributed by atoms with Gasteiger partial charge in [0.05, 0.1) is 12.2 Å². The van der Waals surface area contributed by atoms with E-state index in [1.807, 2.05) is 48.5 Å². The monoisotopic (exact) mass is 420 g/mol. The number of benzene rings is 2. The number of nitrogens with zero attached hydrogens (tertiary/aromatic N) is 1. The first kappa shape index (κ1) is 21.4. The number of carbonyl (C=O) groups is 2. The molecule has 1 aliphatic carbocycles. The van der Waals surface area contributed by atoms with Crippen LogP contribution in [0.2, 0.25) is 0 Å². The maximum Gasteiger partial charge on any atom is 0.265 e. The highest BCUT2D eigenvalue weighted by atomic mass is 16.5. The Kier molecular flexibility index (Phi) is 6.90. The lowest BCUT2D eigenvalue weighted by atomic mass is 9.79. The van der Waals surface area contributed by atoms with Crippen molar-refractivity contribution in [2.75, 3.05) is 16.8 Å². The predicted molar refractivity (Wildman–Crippen MR) is 123 cm³/mol. The number of amides is 2. The van der Waals surface area contributed by atoms with E-state index in [4.69, 9.17) is 4.74 Å². The third-order valence-electron chi connectivity index (χ3n) is 6.54. The van der Waals surface area contributed by atoms with Crippen molar-refractivity contribution >= 4 is 23.2 Å². The Morgan fingerprint density at radius 3 is 2.61 bits per heavy atom. The van der Waals surface area contributed by atoms with Crippen LogP contribution in [0.25, 0.3) is 0 Å². The minimum atomic E-state index is -0.0785. The SMILES string of the molecule is CCCCC1CCC(C(=O)Nc2ccc3c(c2)N(Cc2ccccc2)C(=O)CO3)CC1. The molecule has 4 rings (SSSR count). The average molecular weight is 421 g/mol. The Labute approximate surface area is 184 Å². The van der Waals surface area contributed by atoms with Gasteiger partial charge >= 0.3 is 0 Å². The van der Waals surface area contributed by atoms with E-state index in [-0.39, 0.29) is 24.3 Å². The summed E-state index contributed by atoms with van der Waals surface area (Å²) in [4.78, 5) is 27.2. The lowest BCUT2D eigenvalue weighted by Crippen LogP contribution is -2.38. The van der Waals surface area contributed by atoms with Crippen LogP contribution in [0.1, 0.15) is 57.4 Å². The fourth-order valence-corrected chi connectivity index (χ4v) is 4.67. The van der Waals surface area contributed by atoms with Gasteiger partial charge in [0.1, 0.15) is 5.75 Å². The molecule has 0 unspecified atom stereocenters. The van der Waals surface area contributed by atoms with Gasteiger partial charge in [-0.3, -0.25) is 9.59 Å². The fraction of sp³-hybridized carbons (Fsp3) is 0.462. The molecule has 1 heterocycles. The molecule has 1 saturated carbocycles. The van der Waals surface area contributed by atoms with E-state index in [0.29, 0.717) is 23.7 Å². The van der Waals surface area contributed by atoms with Crippen molar-refractivity contribution in [3.05, 3.63) is 54.1 Å². The van der Waals surface area contributed by atoms with Crippen molar-refractivity contribution in [2.45, 2.75) is 58.4 Å². The highest BCUT2D eigenvalue weighted by molar-refractivity contribution is 5.99. The Balaban J connectivity index is 1.42. The summed E-state index contributed by atoms with van der Waals surface area (Å²) in [6.45, 7) is 2.75. The van der Waals surface area contributed by atoms with Crippen molar-refractivity contribution in [1.29, 1.82) is 0 Å². The molecule has 1 fully saturated rings. The Morgan fingerprint density at radius 2 is 1.87 bits per heavy atom. The third-order valence-corrected chi connectivity index (χ3v) is 6.54. The van der Waals surface area contributed by atoms with Crippen LogP contribution in [-0.2, 0) is 16.1 Å². The zero-order chi connectivity index (χ0) is 21.6. The van der Waals surface area contributed by atoms with Crippen molar-refractivity contribution in [3.63, 3.8) is 0 Å². The number of rotatable bonds is 7. The normalized spacial score (nSPS) is 20.7. The maximum atomic E-state index is 12.9. The number of fused-ring (bicyclic) bond motifs is 1. The molecule has 2 aromatic rings. The zero-order valence-electron chi connectivity index (χ0n) is 18.3. The number of ether oxygens (including phenoxy) is 1. The van der Waals surface area contributed by atoms with Crippen LogP contribution in [0.4, 0.5) is 11.4 Å². The van der Waals surface area contributed by atoms with Crippen molar-refractivity contribution in [1.82, 2.24) is 0 Å². The molecule has 0 aromatic heterocycles. The fourth-order valence-electron chi connectivity index (χ4n) is 4.67. The molecule has 0 spiro atoms. The van der Waals surface area contributed by atoms with Crippen molar-refractivity contribution in [2.24, 2.45) is 11.8 Å². The first-order valence-electron chi connectivity index (χ1n) is 11.6. The highest BCUT2D eigenvalue weighted by Crippen LogP contribution is 2.37. The molecule has 0 radical (unpaired) electrons. The van der Waals surface area contributed by atoms with Crippen LogP contribution < -0.4 is 15.0 Å². The molecule has 31 heavy (non-hydrogen) atoms. The molecule has 2 aliphatic rings. The van der Waals surface area contributed by atoms with Crippen LogP contribution in [0.5, 0.6) is 5.75 Å². The smallest absolute Gasteiger partial charge is 0.265 e. The standard InChI is InChI=1S/C26H32N2O3/c1-2-3-7-19-10-12-21(13-11-19)26(30)27-22-14-15-24-23(16-22)28(25(29)18-31-24)17-20-8-5-4-6-9-20/h4-6,8-9,14-16,19,21H,2-3,7,10-13,17-18H2,1H3,(H,27,30). The summed E-state index contributed by atoms with van der Waals surface area (Å²) in [6, 6.07) is 15.5. The minimum Gasteiger partial charge on any atom is -0.482 e. The molecule has 0 saturated heterocycles. The Bertz CT molecular complexity index is 904. The second-order valence-corrected chi connectivity index (χ2v) is 8.79. The molecule has 164 valence electrons. The van der Waals surface area contributed by atoms with Gasteiger partial charge in [-0.05, 0) is 55.4 Å². The van der Waals surface area contributed by atoms with E-state index in [0.717, 1.165) is 37.2 Å². The number of hydrogen-bond donors (Lipinski definition) is 1. The second-order valence-electron chi connectivity index (χ2n) is 8.79. The summed E-state index contributed by atoms with van der Waals surface area (Å²) in [5.74, 6) is 1.54. The van der Waals surface area contributed by atoms with Gasteiger partial charge in [-0.2, -0.15) is 0 Å². The molecule has 2 amide bonds. The second kappa shape index (κ2) is 9.99. The van der Waals surface area contributed by atoms with Gasteiger partial charge in [0, 0.05) is 11.6 Å². The molecule has 0 bridgehead atoms. The Hall–Kier alpha value is -2.82. The van der Waals surface area contributed by atoms with Gasteiger partial charge in [0.25, 0.3) is 5.91 Å².